The summed E-state index contributed by atoms with van der Waals surface area (Å²) < 4.78 is 19.8. The Bertz CT molecular complexity index is 1020. The highest BCUT2D eigenvalue weighted by molar-refractivity contribution is 5.88. The second kappa shape index (κ2) is 7.23. The number of anilines is 1. The van der Waals surface area contributed by atoms with E-state index in [2.05, 4.69) is 20.5 Å². The van der Waals surface area contributed by atoms with Gasteiger partial charge in [-0.15, -0.1) is 0 Å². The largest absolute Gasteiger partial charge is 0.488 e. The number of aromatic nitrogens is 3. The molecular formula is C20H17FN4O. The minimum atomic E-state index is -0.269. The van der Waals surface area contributed by atoms with Crippen LogP contribution in [0.25, 0.3) is 10.8 Å². The summed E-state index contributed by atoms with van der Waals surface area (Å²) in [7, 11) is 0. The molecule has 0 saturated carbocycles. The third-order valence-electron chi connectivity index (χ3n) is 4.19. The molecule has 0 aliphatic carbocycles. The van der Waals surface area contributed by atoms with Crippen LogP contribution in [0.15, 0.2) is 67.0 Å². The fraction of sp³-hybridized carbons (Fsp3) is 0.100. The third-order valence-corrected chi connectivity index (χ3v) is 4.19. The first kappa shape index (κ1) is 16.1. The highest BCUT2D eigenvalue weighted by Gasteiger charge is 2.11. The molecule has 0 aliphatic heterocycles. The standard InChI is InChI=1S/C20H17FN4O/c21-18-8-4-2-6-15(18)12-26-19-10-9-14-5-1-3-7-16(14)17(19)11-22-20-23-13-24-25-20/h1-10,13H,11-12H2,(H2,22,23,24,25). The number of ether oxygens (including phenoxy) is 1. The van der Waals surface area contributed by atoms with Gasteiger partial charge < -0.3 is 10.1 Å². The Morgan fingerprint density at radius 3 is 2.69 bits per heavy atom. The average molecular weight is 348 g/mol. The molecule has 0 radical (unpaired) electrons. The molecule has 1 aromatic heterocycles. The zero-order chi connectivity index (χ0) is 17.8. The van der Waals surface area contributed by atoms with Gasteiger partial charge >= 0.3 is 0 Å². The smallest absolute Gasteiger partial charge is 0.218 e. The lowest BCUT2D eigenvalue weighted by atomic mass is 10.0. The number of nitrogens with zero attached hydrogens (tertiary/aromatic N) is 2. The summed E-state index contributed by atoms with van der Waals surface area (Å²) in [5.74, 6) is 1.02. The molecule has 2 N–H and O–H groups in total. The SMILES string of the molecule is Fc1ccccc1COc1ccc2ccccc2c1CNc1ncn[nH]1. The van der Waals surface area contributed by atoms with Crippen LogP contribution in [0, 0.1) is 5.82 Å². The average Bonchev–Trinajstić information content (AvgIpc) is 3.19. The molecule has 3 aromatic carbocycles. The van der Waals surface area contributed by atoms with Gasteiger partial charge in [0.25, 0.3) is 0 Å². The Labute approximate surface area is 149 Å². The Morgan fingerprint density at radius 2 is 1.85 bits per heavy atom. The Kier molecular flexibility index (Phi) is 4.47. The summed E-state index contributed by atoms with van der Waals surface area (Å²) in [6.45, 7) is 0.670. The maximum Gasteiger partial charge on any atom is 0.218 e. The summed E-state index contributed by atoms with van der Waals surface area (Å²) in [5.41, 5.74) is 1.51. The molecule has 1 heterocycles. The van der Waals surface area contributed by atoms with Gasteiger partial charge in [0.05, 0.1) is 0 Å². The van der Waals surface area contributed by atoms with Gasteiger partial charge in [0.1, 0.15) is 24.5 Å². The van der Waals surface area contributed by atoms with Crippen LogP contribution in [0.1, 0.15) is 11.1 Å². The first-order valence-corrected chi connectivity index (χ1v) is 8.27. The predicted octanol–water partition coefficient (Wildman–Crippen LogP) is 4.29. The number of fused-ring (bicyclic) bond motifs is 1. The van der Waals surface area contributed by atoms with Crippen LogP contribution in [0.3, 0.4) is 0 Å². The molecule has 0 spiro atoms. The van der Waals surface area contributed by atoms with E-state index in [-0.39, 0.29) is 12.4 Å². The van der Waals surface area contributed by atoms with Crippen LogP contribution in [-0.4, -0.2) is 15.2 Å². The van der Waals surface area contributed by atoms with E-state index in [1.165, 1.54) is 12.4 Å². The molecule has 0 saturated heterocycles. The lowest BCUT2D eigenvalue weighted by Crippen LogP contribution is -2.06. The zero-order valence-corrected chi connectivity index (χ0v) is 13.9. The Morgan fingerprint density at radius 1 is 1.00 bits per heavy atom. The van der Waals surface area contributed by atoms with Crippen molar-refractivity contribution >= 4 is 16.7 Å². The normalized spacial score (nSPS) is 10.8. The summed E-state index contributed by atoms with van der Waals surface area (Å²) in [6, 6.07) is 18.6. The molecule has 4 aromatic rings. The van der Waals surface area contributed by atoms with E-state index in [1.807, 2.05) is 36.4 Å². The lowest BCUT2D eigenvalue weighted by Gasteiger charge is -2.15. The molecule has 0 bridgehead atoms. The number of aromatic amines is 1. The van der Waals surface area contributed by atoms with E-state index in [0.29, 0.717) is 23.8 Å². The second-order valence-corrected chi connectivity index (χ2v) is 5.83. The van der Waals surface area contributed by atoms with Crippen LogP contribution in [-0.2, 0) is 13.2 Å². The predicted molar refractivity (Wildman–Crippen MR) is 98.4 cm³/mol. The van der Waals surface area contributed by atoms with Crippen LogP contribution in [0.2, 0.25) is 0 Å². The van der Waals surface area contributed by atoms with Gasteiger partial charge in [-0.2, -0.15) is 5.10 Å². The van der Waals surface area contributed by atoms with Crippen molar-refractivity contribution in [3.63, 3.8) is 0 Å². The topological polar surface area (TPSA) is 62.8 Å². The van der Waals surface area contributed by atoms with Crippen LogP contribution in [0.4, 0.5) is 10.3 Å². The van der Waals surface area contributed by atoms with Crippen molar-refractivity contribution in [1.82, 2.24) is 15.2 Å². The van der Waals surface area contributed by atoms with Gasteiger partial charge in [0, 0.05) is 17.7 Å². The number of benzene rings is 3. The van der Waals surface area contributed by atoms with Crippen LogP contribution >= 0.6 is 0 Å². The van der Waals surface area contributed by atoms with Crippen molar-refractivity contribution in [2.75, 3.05) is 5.32 Å². The monoisotopic (exact) mass is 348 g/mol. The highest BCUT2D eigenvalue weighted by Crippen LogP contribution is 2.29. The van der Waals surface area contributed by atoms with Crippen LogP contribution < -0.4 is 10.1 Å². The fourth-order valence-electron chi connectivity index (χ4n) is 2.87. The summed E-state index contributed by atoms with van der Waals surface area (Å²) in [5, 5.41) is 12.0. The van der Waals surface area contributed by atoms with Crippen LogP contribution in [0.5, 0.6) is 5.75 Å². The number of nitrogens with one attached hydrogen (secondary N) is 2. The van der Waals surface area contributed by atoms with Gasteiger partial charge in [0.2, 0.25) is 5.95 Å². The molecule has 0 fully saturated rings. The van der Waals surface area contributed by atoms with E-state index < -0.39 is 0 Å². The molecule has 0 aliphatic rings. The van der Waals surface area contributed by atoms with E-state index in [4.69, 9.17) is 4.74 Å². The molecule has 26 heavy (non-hydrogen) atoms. The molecule has 5 nitrogen and oxygen atoms in total. The molecule has 0 unspecified atom stereocenters. The van der Waals surface area contributed by atoms with E-state index in [1.54, 1.807) is 18.2 Å². The zero-order valence-electron chi connectivity index (χ0n) is 13.9. The third kappa shape index (κ3) is 3.35. The number of hydrogen-bond acceptors (Lipinski definition) is 4. The first-order chi connectivity index (χ1) is 12.8. The maximum absolute atomic E-state index is 13.9. The molecule has 0 amide bonds. The van der Waals surface area contributed by atoms with Crippen molar-refractivity contribution in [1.29, 1.82) is 0 Å². The van der Waals surface area contributed by atoms with E-state index in [0.717, 1.165) is 16.3 Å². The Balaban J connectivity index is 1.64. The number of hydrogen-bond donors (Lipinski definition) is 2. The molecule has 130 valence electrons. The number of halogens is 1. The van der Waals surface area contributed by atoms with Crippen molar-refractivity contribution in [2.24, 2.45) is 0 Å². The van der Waals surface area contributed by atoms with Gasteiger partial charge in [0.15, 0.2) is 0 Å². The molecular weight excluding hydrogens is 331 g/mol. The minimum absolute atomic E-state index is 0.167. The summed E-state index contributed by atoms with van der Waals surface area (Å²) in [6.07, 6.45) is 1.45. The van der Waals surface area contributed by atoms with Gasteiger partial charge in [-0.3, -0.25) is 0 Å². The number of rotatable bonds is 6. The quantitative estimate of drug-likeness (QED) is 0.546. The molecule has 6 heteroatoms. The molecule has 4 rings (SSSR count). The van der Waals surface area contributed by atoms with Gasteiger partial charge in [-0.1, -0.05) is 48.5 Å². The Hall–Kier alpha value is -3.41. The van der Waals surface area contributed by atoms with Crippen molar-refractivity contribution in [3.05, 3.63) is 83.9 Å². The van der Waals surface area contributed by atoms with E-state index in [9.17, 15) is 4.39 Å². The maximum atomic E-state index is 13.9. The van der Waals surface area contributed by atoms with Gasteiger partial charge in [-0.05, 0) is 22.9 Å². The van der Waals surface area contributed by atoms with Crippen molar-refractivity contribution in [3.8, 4) is 5.75 Å². The summed E-state index contributed by atoms with van der Waals surface area (Å²) in [4.78, 5) is 4.08. The number of H-pyrrole nitrogens is 1. The minimum Gasteiger partial charge on any atom is -0.488 e. The van der Waals surface area contributed by atoms with Crippen molar-refractivity contribution in [2.45, 2.75) is 13.2 Å². The van der Waals surface area contributed by atoms with Gasteiger partial charge in [-0.25, -0.2) is 14.5 Å². The second-order valence-electron chi connectivity index (χ2n) is 5.83. The van der Waals surface area contributed by atoms with E-state index >= 15 is 0 Å². The summed E-state index contributed by atoms with van der Waals surface area (Å²) >= 11 is 0. The fourth-order valence-corrected chi connectivity index (χ4v) is 2.87. The van der Waals surface area contributed by atoms with Crippen molar-refractivity contribution < 1.29 is 9.13 Å². The lowest BCUT2D eigenvalue weighted by molar-refractivity contribution is 0.297. The molecule has 0 atom stereocenters. The highest BCUT2D eigenvalue weighted by atomic mass is 19.1. The first-order valence-electron chi connectivity index (χ1n) is 8.27.